The third-order valence-corrected chi connectivity index (χ3v) is 3.59. The summed E-state index contributed by atoms with van der Waals surface area (Å²) >= 11 is 0. The van der Waals surface area contributed by atoms with Crippen LogP contribution in [0.4, 0.5) is 0 Å². The summed E-state index contributed by atoms with van der Waals surface area (Å²) in [7, 11) is 0. The normalized spacial score (nSPS) is 11.2. The van der Waals surface area contributed by atoms with Crippen LogP contribution in [-0.4, -0.2) is 4.57 Å². The van der Waals surface area contributed by atoms with Gasteiger partial charge in [-0.3, -0.25) is 0 Å². The average Bonchev–Trinajstić information content (AvgIpc) is 3.02. The van der Waals surface area contributed by atoms with Crippen molar-refractivity contribution in [1.29, 1.82) is 5.26 Å². The molecule has 0 aliphatic rings. The van der Waals surface area contributed by atoms with E-state index in [-0.39, 0.29) is 0 Å². The lowest BCUT2D eigenvalue weighted by atomic mass is 10.0. The molecular formula is C20H16N2. The predicted molar refractivity (Wildman–Crippen MR) is 90.4 cm³/mol. The van der Waals surface area contributed by atoms with Crippen LogP contribution < -0.4 is 0 Å². The van der Waals surface area contributed by atoms with Crippen molar-refractivity contribution in [3.63, 3.8) is 0 Å². The number of nitriles is 1. The summed E-state index contributed by atoms with van der Waals surface area (Å²) in [5.41, 5.74) is 4.86. The van der Waals surface area contributed by atoms with Gasteiger partial charge >= 0.3 is 0 Å². The van der Waals surface area contributed by atoms with Gasteiger partial charge in [0.2, 0.25) is 0 Å². The summed E-state index contributed by atoms with van der Waals surface area (Å²) < 4.78 is 2.07. The number of hydrogen-bond donors (Lipinski definition) is 0. The van der Waals surface area contributed by atoms with E-state index in [9.17, 15) is 5.26 Å². The highest BCUT2D eigenvalue weighted by Crippen LogP contribution is 2.20. The second-order valence-electron chi connectivity index (χ2n) is 5.17. The monoisotopic (exact) mass is 284 g/mol. The zero-order valence-electron chi connectivity index (χ0n) is 12.4. The lowest BCUT2D eigenvalue weighted by Gasteiger charge is -2.07. The second-order valence-corrected chi connectivity index (χ2v) is 5.17. The van der Waals surface area contributed by atoms with Crippen molar-refractivity contribution in [1.82, 2.24) is 4.57 Å². The van der Waals surface area contributed by atoms with E-state index < -0.39 is 0 Å². The minimum Gasteiger partial charge on any atom is -0.317 e. The molecule has 0 spiro atoms. The Bertz CT molecular complexity index is 831. The molecule has 3 rings (SSSR count). The van der Waals surface area contributed by atoms with Gasteiger partial charge in [-0.05, 0) is 42.8 Å². The van der Waals surface area contributed by atoms with Crippen molar-refractivity contribution in [3.8, 4) is 11.8 Å². The third kappa shape index (κ3) is 2.84. The first kappa shape index (κ1) is 13.9. The summed E-state index contributed by atoms with van der Waals surface area (Å²) in [4.78, 5) is 0. The number of hydrogen-bond acceptors (Lipinski definition) is 1. The molecule has 106 valence electrons. The highest BCUT2D eigenvalue weighted by molar-refractivity contribution is 5.89. The van der Waals surface area contributed by atoms with E-state index in [0.717, 1.165) is 16.9 Å². The first-order valence-electron chi connectivity index (χ1n) is 7.19. The second kappa shape index (κ2) is 6.15. The molecule has 1 aromatic heterocycles. The molecule has 0 atom stereocenters. The van der Waals surface area contributed by atoms with E-state index in [1.807, 2.05) is 73.8 Å². The Morgan fingerprint density at radius 1 is 0.955 bits per heavy atom. The Hall–Kier alpha value is -3.05. The molecule has 0 saturated heterocycles. The molecule has 0 amide bonds. The first-order valence-corrected chi connectivity index (χ1v) is 7.19. The predicted octanol–water partition coefficient (Wildman–Crippen LogP) is 4.85. The van der Waals surface area contributed by atoms with E-state index in [4.69, 9.17) is 0 Å². The van der Waals surface area contributed by atoms with Crippen LogP contribution in [0.3, 0.4) is 0 Å². The van der Waals surface area contributed by atoms with Gasteiger partial charge in [-0.25, -0.2) is 0 Å². The van der Waals surface area contributed by atoms with Crippen LogP contribution in [0.5, 0.6) is 0 Å². The van der Waals surface area contributed by atoms with E-state index in [2.05, 4.69) is 22.8 Å². The molecule has 0 aliphatic carbocycles. The Balaban J connectivity index is 2.03. The lowest BCUT2D eigenvalue weighted by Crippen LogP contribution is -1.94. The van der Waals surface area contributed by atoms with E-state index in [0.29, 0.717) is 5.57 Å². The molecule has 0 bridgehead atoms. The minimum atomic E-state index is 0.663. The zero-order chi connectivity index (χ0) is 15.4. The highest BCUT2D eigenvalue weighted by Gasteiger charge is 2.05. The number of allylic oxidation sites excluding steroid dienone is 1. The zero-order valence-corrected chi connectivity index (χ0v) is 12.4. The lowest BCUT2D eigenvalue weighted by molar-refractivity contribution is 1.06. The molecule has 2 aromatic carbocycles. The standard InChI is InChI=1S/C20H16N2/c1-16-9-11-17(12-10-16)18(15-21)14-20-8-5-13-22(20)19-6-3-2-4-7-19/h2-14H,1H3/b18-14-. The SMILES string of the molecule is Cc1ccc(/C(C#N)=C\c2cccn2-c2ccccc2)cc1. The van der Waals surface area contributed by atoms with Crippen LogP contribution in [0, 0.1) is 18.3 Å². The maximum absolute atomic E-state index is 9.48. The van der Waals surface area contributed by atoms with Crippen LogP contribution >= 0.6 is 0 Å². The largest absolute Gasteiger partial charge is 0.317 e. The Morgan fingerprint density at radius 2 is 1.68 bits per heavy atom. The fraction of sp³-hybridized carbons (Fsp3) is 0.0500. The smallest absolute Gasteiger partial charge is 0.0998 e. The molecule has 3 aromatic rings. The first-order chi connectivity index (χ1) is 10.8. The van der Waals surface area contributed by atoms with Gasteiger partial charge < -0.3 is 4.57 Å². The average molecular weight is 284 g/mol. The Kier molecular flexibility index (Phi) is 3.89. The molecule has 0 N–H and O–H groups in total. The molecule has 22 heavy (non-hydrogen) atoms. The van der Waals surface area contributed by atoms with Gasteiger partial charge in [0.25, 0.3) is 0 Å². The number of rotatable bonds is 3. The Labute approximate surface area is 130 Å². The molecule has 0 radical (unpaired) electrons. The minimum absolute atomic E-state index is 0.663. The Morgan fingerprint density at radius 3 is 2.36 bits per heavy atom. The van der Waals surface area contributed by atoms with Crippen molar-refractivity contribution < 1.29 is 0 Å². The number of benzene rings is 2. The van der Waals surface area contributed by atoms with Crippen molar-refractivity contribution in [2.24, 2.45) is 0 Å². The van der Waals surface area contributed by atoms with Gasteiger partial charge in [0.15, 0.2) is 0 Å². The molecule has 1 heterocycles. The van der Waals surface area contributed by atoms with Gasteiger partial charge in [-0.2, -0.15) is 5.26 Å². The highest BCUT2D eigenvalue weighted by atomic mass is 15.0. The van der Waals surface area contributed by atoms with Gasteiger partial charge in [0.1, 0.15) is 0 Å². The van der Waals surface area contributed by atoms with Gasteiger partial charge in [-0.1, -0.05) is 48.0 Å². The molecule has 2 heteroatoms. The molecule has 0 saturated carbocycles. The van der Waals surface area contributed by atoms with Gasteiger partial charge in [0.05, 0.1) is 11.6 Å². The van der Waals surface area contributed by atoms with Crippen LogP contribution in [-0.2, 0) is 0 Å². The number of nitrogens with zero attached hydrogens (tertiary/aromatic N) is 2. The van der Waals surface area contributed by atoms with E-state index >= 15 is 0 Å². The van der Waals surface area contributed by atoms with E-state index in [1.165, 1.54) is 5.56 Å². The number of aromatic nitrogens is 1. The van der Waals surface area contributed by atoms with Gasteiger partial charge in [-0.15, -0.1) is 0 Å². The topological polar surface area (TPSA) is 28.7 Å². The maximum atomic E-state index is 9.48. The van der Waals surface area contributed by atoms with Crippen molar-refractivity contribution in [2.45, 2.75) is 6.92 Å². The molecule has 0 aliphatic heterocycles. The maximum Gasteiger partial charge on any atom is 0.0998 e. The molecular weight excluding hydrogens is 268 g/mol. The quantitative estimate of drug-likeness (QED) is 0.632. The molecule has 2 nitrogen and oxygen atoms in total. The van der Waals surface area contributed by atoms with Crippen molar-refractivity contribution >= 4 is 11.6 Å². The third-order valence-electron chi connectivity index (χ3n) is 3.59. The number of para-hydroxylation sites is 1. The van der Waals surface area contributed by atoms with Crippen LogP contribution in [0.25, 0.3) is 17.3 Å². The summed E-state index contributed by atoms with van der Waals surface area (Å²) in [5, 5.41) is 9.48. The summed E-state index contributed by atoms with van der Waals surface area (Å²) in [5.74, 6) is 0. The van der Waals surface area contributed by atoms with Gasteiger partial charge in [0, 0.05) is 17.6 Å². The summed E-state index contributed by atoms with van der Waals surface area (Å²) in [6.07, 6.45) is 3.93. The molecule has 0 fully saturated rings. The van der Waals surface area contributed by atoms with Crippen LogP contribution in [0.2, 0.25) is 0 Å². The summed E-state index contributed by atoms with van der Waals surface area (Å²) in [6, 6.07) is 24.4. The fourth-order valence-corrected chi connectivity index (χ4v) is 2.40. The van der Waals surface area contributed by atoms with Crippen molar-refractivity contribution in [2.75, 3.05) is 0 Å². The van der Waals surface area contributed by atoms with Crippen LogP contribution in [0.15, 0.2) is 72.9 Å². The molecule has 0 unspecified atom stereocenters. The van der Waals surface area contributed by atoms with E-state index in [1.54, 1.807) is 0 Å². The fourth-order valence-electron chi connectivity index (χ4n) is 2.40. The summed E-state index contributed by atoms with van der Waals surface area (Å²) in [6.45, 7) is 2.04. The van der Waals surface area contributed by atoms with Crippen LogP contribution in [0.1, 0.15) is 16.8 Å². The number of aryl methyl sites for hydroxylation is 1. The van der Waals surface area contributed by atoms with Crippen molar-refractivity contribution in [3.05, 3.63) is 89.7 Å².